The molecule has 3 aromatic rings. The third kappa shape index (κ3) is 3.95. The van der Waals surface area contributed by atoms with Gasteiger partial charge in [0.05, 0.1) is 5.69 Å². The van der Waals surface area contributed by atoms with Gasteiger partial charge >= 0.3 is 0 Å². The molecule has 0 saturated carbocycles. The van der Waals surface area contributed by atoms with Crippen LogP contribution in [0.1, 0.15) is 16.8 Å². The van der Waals surface area contributed by atoms with Crippen molar-refractivity contribution in [3.63, 3.8) is 0 Å². The molecular formula is C20H18ClFN4O. The van der Waals surface area contributed by atoms with Gasteiger partial charge in [-0.25, -0.2) is 4.39 Å². The van der Waals surface area contributed by atoms with Gasteiger partial charge in [0.2, 0.25) is 0 Å². The highest BCUT2D eigenvalue weighted by molar-refractivity contribution is 6.30. The Hall–Kier alpha value is -2.86. The highest BCUT2D eigenvalue weighted by Crippen LogP contribution is 2.24. The molecule has 1 aromatic heterocycles. The van der Waals surface area contributed by atoms with E-state index < -0.39 is 0 Å². The molecular weight excluding hydrogens is 367 g/mol. The molecule has 4 rings (SSSR count). The van der Waals surface area contributed by atoms with Crippen LogP contribution in [0.3, 0.4) is 0 Å². The third-order valence-electron chi connectivity index (χ3n) is 4.65. The molecule has 2 aromatic carbocycles. The molecule has 2 N–H and O–H groups in total. The van der Waals surface area contributed by atoms with Gasteiger partial charge in [-0.2, -0.15) is 5.10 Å². The molecule has 138 valence electrons. The summed E-state index contributed by atoms with van der Waals surface area (Å²) in [4.78, 5) is 14.5. The Kier molecular flexibility index (Phi) is 4.81. The average Bonchev–Trinajstić information content (AvgIpc) is 3.32. The Labute approximate surface area is 161 Å². The predicted octanol–water partition coefficient (Wildman–Crippen LogP) is 3.88. The van der Waals surface area contributed by atoms with Gasteiger partial charge in [0, 0.05) is 35.8 Å². The fraction of sp³-hybridized carbons (Fsp3) is 0.200. The maximum Gasteiger partial charge on any atom is 0.251 e. The van der Waals surface area contributed by atoms with Crippen LogP contribution in [0.4, 0.5) is 10.2 Å². The summed E-state index contributed by atoms with van der Waals surface area (Å²) in [5.41, 5.74) is 2.26. The quantitative estimate of drug-likeness (QED) is 0.717. The number of hydrogen-bond donors (Lipinski definition) is 2. The van der Waals surface area contributed by atoms with Gasteiger partial charge in [0.1, 0.15) is 5.82 Å². The number of nitrogens with one attached hydrogen (secondary N) is 2. The van der Waals surface area contributed by atoms with Gasteiger partial charge in [-0.3, -0.25) is 9.89 Å². The third-order valence-corrected chi connectivity index (χ3v) is 4.89. The molecule has 2 heterocycles. The fourth-order valence-corrected chi connectivity index (χ4v) is 3.43. The zero-order chi connectivity index (χ0) is 18.8. The molecule has 1 amide bonds. The highest BCUT2D eigenvalue weighted by atomic mass is 35.5. The van der Waals surface area contributed by atoms with Gasteiger partial charge in [-0.05, 0) is 54.4 Å². The molecule has 1 aliphatic heterocycles. The summed E-state index contributed by atoms with van der Waals surface area (Å²) in [6, 6.07) is 15.2. The number of halogens is 2. The molecule has 5 nitrogen and oxygen atoms in total. The van der Waals surface area contributed by atoms with Crippen molar-refractivity contribution in [1.29, 1.82) is 0 Å². The summed E-state index contributed by atoms with van der Waals surface area (Å²) in [6.45, 7) is 1.48. The fourth-order valence-electron chi connectivity index (χ4n) is 3.24. The molecule has 0 radical (unpaired) electrons. The van der Waals surface area contributed by atoms with Gasteiger partial charge in [-0.15, -0.1) is 0 Å². The molecule has 1 atom stereocenters. The van der Waals surface area contributed by atoms with Gasteiger partial charge in [-0.1, -0.05) is 17.7 Å². The van der Waals surface area contributed by atoms with Crippen LogP contribution < -0.4 is 10.2 Å². The van der Waals surface area contributed by atoms with Crippen LogP contribution in [0.5, 0.6) is 0 Å². The minimum absolute atomic E-state index is 0.0439. The first-order chi connectivity index (χ1) is 13.1. The molecule has 0 aliphatic carbocycles. The summed E-state index contributed by atoms with van der Waals surface area (Å²) < 4.78 is 13.1. The minimum Gasteiger partial charge on any atom is -0.353 e. The summed E-state index contributed by atoms with van der Waals surface area (Å²) in [6.07, 6.45) is 0.838. The second-order valence-corrected chi connectivity index (χ2v) is 7.00. The molecule has 0 spiro atoms. The van der Waals surface area contributed by atoms with E-state index in [1.165, 1.54) is 12.1 Å². The number of hydrogen-bond acceptors (Lipinski definition) is 3. The van der Waals surface area contributed by atoms with Gasteiger partial charge < -0.3 is 10.2 Å². The van der Waals surface area contributed by atoms with Crippen molar-refractivity contribution in [3.8, 4) is 11.3 Å². The SMILES string of the molecule is O=C(N[C@@H]1CCN(c2cc(-c3ccc(F)cc3)[nH]n2)C1)c1cccc(Cl)c1. The standard InChI is InChI=1S/C20H18ClFN4O/c21-15-3-1-2-14(10-15)20(27)23-17-8-9-26(12-17)19-11-18(24-25-19)13-4-6-16(22)7-5-13/h1-7,10-11,17H,8-9,12H2,(H,23,27)(H,24,25)/t17-/m1/s1. The first kappa shape index (κ1) is 17.5. The minimum atomic E-state index is -0.267. The summed E-state index contributed by atoms with van der Waals surface area (Å²) >= 11 is 5.95. The lowest BCUT2D eigenvalue weighted by atomic mass is 10.1. The highest BCUT2D eigenvalue weighted by Gasteiger charge is 2.26. The Morgan fingerprint density at radius 1 is 1.22 bits per heavy atom. The van der Waals surface area contributed by atoms with E-state index >= 15 is 0 Å². The van der Waals surface area contributed by atoms with Crippen molar-refractivity contribution >= 4 is 23.3 Å². The van der Waals surface area contributed by atoms with Crippen LogP contribution in [-0.4, -0.2) is 35.2 Å². The van der Waals surface area contributed by atoms with E-state index in [1.54, 1.807) is 36.4 Å². The normalized spacial score (nSPS) is 16.5. The lowest BCUT2D eigenvalue weighted by Crippen LogP contribution is -2.37. The van der Waals surface area contributed by atoms with Crippen molar-refractivity contribution in [2.75, 3.05) is 18.0 Å². The van der Waals surface area contributed by atoms with Gasteiger partial charge in [0.25, 0.3) is 5.91 Å². The van der Waals surface area contributed by atoms with Gasteiger partial charge in [0.15, 0.2) is 5.82 Å². The molecule has 0 unspecified atom stereocenters. The van der Waals surface area contributed by atoms with Crippen LogP contribution in [0.15, 0.2) is 54.6 Å². The lowest BCUT2D eigenvalue weighted by Gasteiger charge is -2.16. The molecule has 1 fully saturated rings. The first-order valence-corrected chi connectivity index (χ1v) is 9.09. The topological polar surface area (TPSA) is 61.0 Å². The molecule has 7 heteroatoms. The van der Waals surface area contributed by atoms with Crippen molar-refractivity contribution in [2.24, 2.45) is 0 Å². The second-order valence-electron chi connectivity index (χ2n) is 6.56. The van der Waals surface area contributed by atoms with Crippen LogP contribution in [0.2, 0.25) is 5.02 Å². The van der Waals surface area contributed by atoms with Crippen molar-refractivity contribution < 1.29 is 9.18 Å². The number of rotatable bonds is 4. The van der Waals surface area contributed by atoms with E-state index in [0.29, 0.717) is 17.1 Å². The maximum atomic E-state index is 13.1. The number of carbonyl (C=O) groups excluding carboxylic acids is 1. The summed E-state index contributed by atoms with van der Waals surface area (Å²) in [5, 5.41) is 10.9. The largest absolute Gasteiger partial charge is 0.353 e. The van der Waals surface area contributed by atoms with Crippen LogP contribution in [-0.2, 0) is 0 Å². The van der Waals surface area contributed by atoms with E-state index in [4.69, 9.17) is 11.6 Å². The number of nitrogens with zero attached hydrogens (tertiary/aromatic N) is 2. The number of amides is 1. The maximum absolute atomic E-state index is 13.1. The van der Waals surface area contributed by atoms with Crippen LogP contribution in [0, 0.1) is 5.82 Å². The zero-order valence-electron chi connectivity index (χ0n) is 14.5. The number of benzene rings is 2. The van der Waals surface area contributed by atoms with Crippen LogP contribution in [0.25, 0.3) is 11.3 Å². The predicted molar refractivity (Wildman–Crippen MR) is 104 cm³/mol. The molecule has 1 saturated heterocycles. The van der Waals surface area contributed by atoms with E-state index in [-0.39, 0.29) is 17.8 Å². The summed E-state index contributed by atoms with van der Waals surface area (Å²) in [5.74, 6) is 0.420. The number of aromatic amines is 1. The molecule has 0 bridgehead atoms. The van der Waals surface area contributed by atoms with E-state index in [1.807, 2.05) is 6.07 Å². The number of carbonyl (C=O) groups is 1. The van der Waals surface area contributed by atoms with E-state index in [0.717, 1.165) is 30.0 Å². The van der Waals surface area contributed by atoms with Crippen molar-refractivity contribution in [3.05, 3.63) is 71.0 Å². The molecule has 1 aliphatic rings. The Morgan fingerprint density at radius 3 is 2.81 bits per heavy atom. The molecule has 27 heavy (non-hydrogen) atoms. The monoisotopic (exact) mass is 384 g/mol. The average molecular weight is 385 g/mol. The second kappa shape index (κ2) is 7.40. The number of anilines is 1. The Morgan fingerprint density at radius 2 is 2.04 bits per heavy atom. The van der Waals surface area contributed by atoms with Crippen LogP contribution >= 0.6 is 11.6 Å². The van der Waals surface area contributed by atoms with Crippen molar-refractivity contribution in [2.45, 2.75) is 12.5 Å². The van der Waals surface area contributed by atoms with E-state index in [9.17, 15) is 9.18 Å². The lowest BCUT2D eigenvalue weighted by molar-refractivity contribution is 0.0940. The van der Waals surface area contributed by atoms with Crippen molar-refractivity contribution in [1.82, 2.24) is 15.5 Å². The van der Waals surface area contributed by atoms with E-state index in [2.05, 4.69) is 20.4 Å². The summed E-state index contributed by atoms with van der Waals surface area (Å²) in [7, 11) is 0. The smallest absolute Gasteiger partial charge is 0.251 e. The number of aromatic nitrogens is 2. The Bertz CT molecular complexity index is 957. The zero-order valence-corrected chi connectivity index (χ0v) is 15.2. The first-order valence-electron chi connectivity index (χ1n) is 8.71. The Balaban J connectivity index is 1.40. The number of H-pyrrole nitrogens is 1.